The average Bonchev–Trinajstić information content (AvgIpc) is 3.41. The predicted molar refractivity (Wildman–Crippen MR) is 131 cm³/mol. The number of rotatable bonds is 6. The molecule has 0 unspecified atom stereocenters. The molecular weight excluding hydrogens is 463 g/mol. The van der Waals surface area contributed by atoms with E-state index in [0.29, 0.717) is 36.6 Å². The third kappa shape index (κ3) is 4.43. The fraction of sp³-hybridized carbons (Fsp3) is 0.296. The lowest BCUT2D eigenvalue weighted by Crippen LogP contribution is -2.42. The Morgan fingerprint density at radius 1 is 1.06 bits per heavy atom. The second-order valence-electron chi connectivity index (χ2n) is 8.89. The maximum Gasteiger partial charge on any atom is 0.295 e. The number of benzene rings is 2. The fourth-order valence-corrected chi connectivity index (χ4v) is 4.79. The van der Waals surface area contributed by atoms with Crippen LogP contribution in [0.2, 0.25) is 0 Å². The Balaban J connectivity index is 1.55. The number of hydrogen-bond acceptors (Lipinski definition) is 6. The van der Waals surface area contributed by atoms with Crippen molar-refractivity contribution in [2.75, 3.05) is 39.4 Å². The van der Waals surface area contributed by atoms with E-state index in [1.54, 1.807) is 23.7 Å². The van der Waals surface area contributed by atoms with Gasteiger partial charge in [0.2, 0.25) is 0 Å². The number of carbonyl (C=O) groups excluding carboxylic acids is 2. The van der Waals surface area contributed by atoms with E-state index < -0.39 is 23.5 Å². The van der Waals surface area contributed by atoms with E-state index in [9.17, 15) is 19.1 Å². The highest BCUT2D eigenvalue weighted by Crippen LogP contribution is 2.40. The minimum atomic E-state index is -0.842. The molecular formula is C27H27FN4O4. The quantitative estimate of drug-likeness (QED) is 0.325. The lowest BCUT2D eigenvalue weighted by molar-refractivity contribution is -0.140. The molecule has 2 aromatic carbocycles. The first-order chi connectivity index (χ1) is 17.5. The van der Waals surface area contributed by atoms with Gasteiger partial charge in [0.1, 0.15) is 11.6 Å². The van der Waals surface area contributed by atoms with E-state index in [0.717, 1.165) is 18.8 Å². The van der Waals surface area contributed by atoms with Crippen LogP contribution in [0.3, 0.4) is 0 Å². The maximum absolute atomic E-state index is 13.7. The van der Waals surface area contributed by atoms with Gasteiger partial charge in [-0.25, -0.2) is 9.07 Å². The van der Waals surface area contributed by atoms with Crippen molar-refractivity contribution in [2.45, 2.75) is 13.0 Å². The van der Waals surface area contributed by atoms with Crippen molar-refractivity contribution in [3.05, 3.63) is 89.0 Å². The molecule has 2 fully saturated rings. The summed E-state index contributed by atoms with van der Waals surface area (Å²) in [4.78, 5) is 30.1. The summed E-state index contributed by atoms with van der Waals surface area (Å²) in [7, 11) is 0. The molecule has 0 bridgehead atoms. The number of hydrogen-bond donors (Lipinski definition) is 1. The van der Waals surface area contributed by atoms with Crippen LogP contribution in [0.4, 0.5) is 4.39 Å². The molecule has 36 heavy (non-hydrogen) atoms. The van der Waals surface area contributed by atoms with Crippen LogP contribution in [0, 0.1) is 12.7 Å². The van der Waals surface area contributed by atoms with Gasteiger partial charge in [-0.1, -0.05) is 30.3 Å². The van der Waals surface area contributed by atoms with Crippen molar-refractivity contribution in [3.8, 4) is 5.69 Å². The molecule has 2 saturated heterocycles. The lowest BCUT2D eigenvalue weighted by Gasteiger charge is -2.31. The number of ether oxygens (including phenoxy) is 1. The maximum atomic E-state index is 13.7. The normalized spacial score (nSPS) is 20.3. The molecule has 0 spiro atoms. The molecule has 0 radical (unpaired) electrons. The van der Waals surface area contributed by atoms with Crippen LogP contribution < -0.4 is 0 Å². The fourth-order valence-electron chi connectivity index (χ4n) is 4.79. The number of Topliss-reactive ketones (excluding diaryl/α,β-unsaturated/α-hetero) is 1. The van der Waals surface area contributed by atoms with Crippen LogP contribution in [0.1, 0.15) is 22.9 Å². The Morgan fingerprint density at radius 3 is 2.44 bits per heavy atom. The molecule has 5 rings (SSSR count). The van der Waals surface area contributed by atoms with Crippen molar-refractivity contribution >= 4 is 17.4 Å². The van der Waals surface area contributed by atoms with Crippen molar-refractivity contribution in [1.29, 1.82) is 0 Å². The highest BCUT2D eigenvalue weighted by Gasteiger charge is 2.46. The number of amides is 1. The number of carbonyl (C=O) groups is 2. The van der Waals surface area contributed by atoms with Gasteiger partial charge in [0.05, 0.1) is 48.0 Å². The van der Waals surface area contributed by atoms with Gasteiger partial charge < -0.3 is 14.7 Å². The van der Waals surface area contributed by atoms with E-state index in [2.05, 4.69) is 10.00 Å². The average molecular weight is 491 g/mol. The second-order valence-corrected chi connectivity index (χ2v) is 8.89. The Morgan fingerprint density at radius 2 is 1.75 bits per heavy atom. The Bertz CT molecular complexity index is 1300. The van der Waals surface area contributed by atoms with E-state index in [1.165, 1.54) is 23.2 Å². The van der Waals surface area contributed by atoms with E-state index in [1.807, 2.05) is 30.3 Å². The first-order valence-corrected chi connectivity index (χ1v) is 11.9. The second kappa shape index (κ2) is 10.0. The molecule has 3 aromatic rings. The van der Waals surface area contributed by atoms with Gasteiger partial charge in [0, 0.05) is 26.2 Å². The van der Waals surface area contributed by atoms with E-state index >= 15 is 0 Å². The van der Waals surface area contributed by atoms with Crippen molar-refractivity contribution in [1.82, 2.24) is 19.6 Å². The van der Waals surface area contributed by atoms with Crippen molar-refractivity contribution < 1.29 is 23.8 Å². The molecule has 1 N–H and O–H groups in total. The van der Waals surface area contributed by atoms with Gasteiger partial charge in [0.25, 0.3) is 11.7 Å². The topological polar surface area (TPSA) is 87.9 Å². The van der Waals surface area contributed by atoms with Gasteiger partial charge >= 0.3 is 0 Å². The highest BCUT2D eigenvalue weighted by atomic mass is 19.1. The number of aromatic nitrogens is 2. The van der Waals surface area contributed by atoms with Crippen LogP contribution in [0.5, 0.6) is 0 Å². The monoisotopic (exact) mass is 490 g/mol. The third-order valence-electron chi connectivity index (χ3n) is 6.75. The van der Waals surface area contributed by atoms with Crippen LogP contribution in [-0.4, -0.2) is 75.8 Å². The zero-order valence-corrected chi connectivity index (χ0v) is 19.9. The van der Waals surface area contributed by atoms with Gasteiger partial charge in [-0.05, 0) is 36.8 Å². The molecule has 3 heterocycles. The van der Waals surface area contributed by atoms with Gasteiger partial charge in [-0.3, -0.25) is 14.5 Å². The molecule has 0 aliphatic carbocycles. The molecule has 8 nitrogen and oxygen atoms in total. The summed E-state index contributed by atoms with van der Waals surface area (Å²) in [5.74, 6) is -2.18. The Labute approximate surface area is 208 Å². The first kappa shape index (κ1) is 23.9. The van der Waals surface area contributed by atoms with E-state index in [4.69, 9.17) is 4.74 Å². The number of aliphatic hydroxyl groups excluding tert-OH is 1. The number of aliphatic hydroxyl groups is 1. The summed E-state index contributed by atoms with van der Waals surface area (Å²) < 4.78 is 20.8. The predicted octanol–water partition coefficient (Wildman–Crippen LogP) is 3.07. The number of likely N-dealkylation sites (tertiary alicyclic amines) is 1. The summed E-state index contributed by atoms with van der Waals surface area (Å²) in [5.41, 5.74) is 2.31. The van der Waals surface area contributed by atoms with E-state index in [-0.39, 0.29) is 17.9 Å². The number of para-hydroxylation sites is 1. The number of ketones is 1. The standard InChI is InChI=1S/C27H27FN4O4/c1-18-22(17-29-32(18)21-5-3-2-4-6-21)25(33)23-24(19-7-9-20(28)10-8-19)31(27(35)26(23)34)12-11-30-13-15-36-16-14-30/h2-10,17,24,33H,11-16H2,1H3/b25-23+/t24-/m0/s1. The van der Waals surface area contributed by atoms with Crippen LogP contribution in [-0.2, 0) is 14.3 Å². The van der Waals surface area contributed by atoms with Crippen molar-refractivity contribution in [2.24, 2.45) is 0 Å². The summed E-state index contributed by atoms with van der Waals surface area (Å²) >= 11 is 0. The Hall–Kier alpha value is -3.82. The largest absolute Gasteiger partial charge is 0.507 e. The first-order valence-electron chi connectivity index (χ1n) is 11.9. The van der Waals surface area contributed by atoms with Crippen LogP contribution in [0.25, 0.3) is 11.4 Å². The molecule has 1 atom stereocenters. The number of nitrogens with zero attached hydrogens (tertiary/aromatic N) is 4. The molecule has 2 aliphatic heterocycles. The summed E-state index contributed by atoms with van der Waals surface area (Å²) in [6.45, 7) is 5.34. The van der Waals surface area contributed by atoms with Crippen LogP contribution in [0.15, 0.2) is 66.4 Å². The molecule has 186 valence electrons. The SMILES string of the molecule is Cc1c(/C(O)=C2\C(=O)C(=O)N(CCN3CCOCC3)[C@H]2c2ccc(F)cc2)cnn1-c1ccccc1. The molecule has 0 saturated carbocycles. The highest BCUT2D eigenvalue weighted by molar-refractivity contribution is 6.46. The summed E-state index contributed by atoms with van der Waals surface area (Å²) in [5, 5.41) is 15.8. The summed E-state index contributed by atoms with van der Waals surface area (Å²) in [6.07, 6.45) is 1.49. The number of morpholine rings is 1. The zero-order chi connectivity index (χ0) is 25.2. The smallest absolute Gasteiger partial charge is 0.295 e. The Kier molecular flexibility index (Phi) is 6.67. The minimum Gasteiger partial charge on any atom is -0.507 e. The third-order valence-corrected chi connectivity index (χ3v) is 6.75. The number of halogens is 1. The minimum absolute atomic E-state index is 0.0238. The van der Waals surface area contributed by atoms with Crippen LogP contribution >= 0.6 is 0 Å². The molecule has 2 aliphatic rings. The zero-order valence-electron chi connectivity index (χ0n) is 19.9. The lowest BCUT2D eigenvalue weighted by atomic mass is 9.95. The molecule has 9 heteroatoms. The summed E-state index contributed by atoms with van der Waals surface area (Å²) in [6, 6.07) is 14.2. The van der Waals surface area contributed by atoms with Crippen molar-refractivity contribution in [3.63, 3.8) is 0 Å². The van der Waals surface area contributed by atoms with Gasteiger partial charge in [0.15, 0.2) is 0 Å². The molecule has 1 amide bonds. The molecule has 1 aromatic heterocycles. The van der Waals surface area contributed by atoms with Gasteiger partial charge in [-0.15, -0.1) is 0 Å². The van der Waals surface area contributed by atoms with Gasteiger partial charge in [-0.2, -0.15) is 5.10 Å².